The third kappa shape index (κ3) is 2.79. The summed E-state index contributed by atoms with van der Waals surface area (Å²) in [5.74, 6) is -0.886. The van der Waals surface area contributed by atoms with Gasteiger partial charge in [0.25, 0.3) is 5.69 Å². The predicted octanol–water partition coefficient (Wildman–Crippen LogP) is 2.35. The minimum absolute atomic E-state index is 0.00912. The molecule has 0 spiro atoms. The average Bonchev–Trinajstić information content (AvgIpc) is 2.16. The van der Waals surface area contributed by atoms with Crippen molar-refractivity contribution in [2.45, 2.75) is 25.7 Å². The van der Waals surface area contributed by atoms with Crippen LogP contribution in [0.15, 0.2) is 24.3 Å². The average molecular weight is 223 g/mol. The number of nitrogens with zero attached hydrogens (tertiary/aromatic N) is 1. The molecule has 0 aliphatic rings. The van der Waals surface area contributed by atoms with E-state index in [2.05, 4.69) is 0 Å². The number of carboxylic acid groups (broad SMARTS) is 1. The summed E-state index contributed by atoms with van der Waals surface area (Å²) in [7, 11) is 0. The largest absolute Gasteiger partial charge is 0.481 e. The van der Waals surface area contributed by atoms with Crippen LogP contribution in [-0.2, 0) is 10.2 Å². The normalized spacial score (nSPS) is 11.1. The first-order chi connectivity index (χ1) is 7.33. The molecule has 16 heavy (non-hydrogen) atoms. The maximum atomic E-state index is 10.7. The Kier molecular flexibility index (Phi) is 3.27. The van der Waals surface area contributed by atoms with E-state index in [0.29, 0.717) is 0 Å². The Hall–Kier alpha value is -1.91. The van der Waals surface area contributed by atoms with Gasteiger partial charge >= 0.3 is 5.97 Å². The first-order valence-electron chi connectivity index (χ1n) is 4.79. The van der Waals surface area contributed by atoms with Gasteiger partial charge in [-0.3, -0.25) is 14.9 Å². The quantitative estimate of drug-likeness (QED) is 0.627. The highest BCUT2D eigenvalue weighted by Gasteiger charge is 2.24. The van der Waals surface area contributed by atoms with Gasteiger partial charge in [-0.15, -0.1) is 0 Å². The summed E-state index contributed by atoms with van der Waals surface area (Å²) in [6, 6.07) is 5.97. The molecule has 0 unspecified atom stereocenters. The van der Waals surface area contributed by atoms with Crippen LogP contribution in [0, 0.1) is 10.1 Å². The van der Waals surface area contributed by atoms with Gasteiger partial charge in [0, 0.05) is 17.5 Å². The Morgan fingerprint density at radius 2 is 1.88 bits per heavy atom. The maximum absolute atomic E-state index is 10.7. The van der Waals surface area contributed by atoms with Crippen LogP contribution in [0.1, 0.15) is 25.8 Å². The van der Waals surface area contributed by atoms with Gasteiger partial charge in [-0.05, 0) is 5.56 Å². The number of hydrogen-bond donors (Lipinski definition) is 1. The number of non-ortho nitro benzene ring substituents is 1. The molecule has 1 N–H and O–H groups in total. The van der Waals surface area contributed by atoms with E-state index in [1.54, 1.807) is 26.0 Å². The Bertz CT molecular complexity index is 408. The topological polar surface area (TPSA) is 80.4 Å². The fourth-order valence-corrected chi connectivity index (χ4v) is 1.51. The van der Waals surface area contributed by atoms with E-state index in [0.717, 1.165) is 5.56 Å². The third-order valence-corrected chi connectivity index (χ3v) is 2.45. The molecule has 1 aromatic rings. The van der Waals surface area contributed by atoms with Crippen LogP contribution in [-0.4, -0.2) is 16.0 Å². The Morgan fingerprint density at radius 3 is 2.25 bits per heavy atom. The van der Waals surface area contributed by atoms with E-state index >= 15 is 0 Å². The molecule has 0 radical (unpaired) electrons. The molecule has 5 nitrogen and oxygen atoms in total. The van der Waals surface area contributed by atoms with Crippen molar-refractivity contribution < 1.29 is 14.8 Å². The lowest BCUT2D eigenvalue weighted by atomic mass is 9.81. The molecule has 0 aromatic heterocycles. The van der Waals surface area contributed by atoms with Crippen LogP contribution in [0.5, 0.6) is 0 Å². The summed E-state index contributed by atoms with van der Waals surface area (Å²) in [6.07, 6.45) is -0.00912. The van der Waals surface area contributed by atoms with Gasteiger partial charge in [0.1, 0.15) is 0 Å². The van der Waals surface area contributed by atoms with Gasteiger partial charge in [-0.25, -0.2) is 0 Å². The number of aliphatic carboxylic acids is 1. The van der Waals surface area contributed by atoms with Crippen molar-refractivity contribution in [3.05, 3.63) is 39.9 Å². The summed E-state index contributed by atoms with van der Waals surface area (Å²) in [6.45, 7) is 3.59. The molecule has 1 rings (SSSR count). The zero-order valence-corrected chi connectivity index (χ0v) is 9.14. The minimum Gasteiger partial charge on any atom is -0.481 e. The van der Waals surface area contributed by atoms with E-state index in [9.17, 15) is 14.9 Å². The number of rotatable bonds is 4. The van der Waals surface area contributed by atoms with Crippen LogP contribution in [0.3, 0.4) is 0 Å². The van der Waals surface area contributed by atoms with Gasteiger partial charge in [-0.1, -0.05) is 26.0 Å². The number of carboxylic acids is 1. The molecule has 0 heterocycles. The standard InChI is InChI=1S/C11H13NO4/c1-11(2,7-10(13)14)8-3-5-9(6-4-8)12(15)16/h3-6H,7H2,1-2H3,(H,13,14). The van der Waals surface area contributed by atoms with Crippen molar-refractivity contribution in [1.29, 1.82) is 0 Å². The van der Waals surface area contributed by atoms with Crippen molar-refractivity contribution in [2.24, 2.45) is 0 Å². The number of hydrogen-bond acceptors (Lipinski definition) is 3. The lowest BCUT2D eigenvalue weighted by Crippen LogP contribution is -2.21. The SMILES string of the molecule is CC(C)(CC(=O)O)c1ccc([N+](=O)[O-])cc1. The zero-order chi connectivity index (χ0) is 12.3. The smallest absolute Gasteiger partial charge is 0.304 e. The van der Waals surface area contributed by atoms with Crippen molar-refractivity contribution in [3.63, 3.8) is 0 Å². The van der Waals surface area contributed by atoms with Crippen LogP contribution in [0.4, 0.5) is 5.69 Å². The molecule has 0 aliphatic carbocycles. The number of benzene rings is 1. The molecule has 0 amide bonds. The second-order valence-electron chi connectivity index (χ2n) is 4.26. The highest BCUT2D eigenvalue weighted by molar-refractivity contribution is 5.68. The third-order valence-electron chi connectivity index (χ3n) is 2.45. The number of nitro groups is 1. The lowest BCUT2D eigenvalue weighted by Gasteiger charge is -2.22. The van der Waals surface area contributed by atoms with E-state index < -0.39 is 16.3 Å². The first kappa shape index (κ1) is 12.2. The molecule has 0 atom stereocenters. The molecule has 5 heteroatoms. The van der Waals surface area contributed by atoms with E-state index in [1.165, 1.54) is 12.1 Å². The second kappa shape index (κ2) is 4.30. The van der Waals surface area contributed by atoms with Crippen molar-refractivity contribution in [1.82, 2.24) is 0 Å². The second-order valence-corrected chi connectivity index (χ2v) is 4.26. The molecular formula is C11H13NO4. The molecule has 86 valence electrons. The Labute approximate surface area is 92.9 Å². The van der Waals surface area contributed by atoms with E-state index in [-0.39, 0.29) is 12.1 Å². The predicted molar refractivity (Wildman–Crippen MR) is 58.4 cm³/mol. The van der Waals surface area contributed by atoms with Crippen molar-refractivity contribution in [2.75, 3.05) is 0 Å². The van der Waals surface area contributed by atoms with Gasteiger partial charge in [0.15, 0.2) is 0 Å². The van der Waals surface area contributed by atoms with Crippen molar-refractivity contribution >= 4 is 11.7 Å². The van der Waals surface area contributed by atoms with Crippen LogP contribution in [0.25, 0.3) is 0 Å². The van der Waals surface area contributed by atoms with Crippen molar-refractivity contribution in [3.8, 4) is 0 Å². The highest BCUT2D eigenvalue weighted by atomic mass is 16.6. The molecule has 0 bridgehead atoms. The van der Waals surface area contributed by atoms with Gasteiger partial charge < -0.3 is 5.11 Å². The molecular weight excluding hydrogens is 210 g/mol. The molecule has 0 aliphatic heterocycles. The summed E-state index contributed by atoms with van der Waals surface area (Å²) in [5.41, 5.74) is 0.261. The number of carbonyl (C=O) groups is 1. The Morgan fingerprint density at radius 1 is 1.38 bits per heavy atom. The summed E-state index contributed by atoms with van der Waals surface area (Å²) in [4.78, 5) is 20.6. The monoisotopic (exact) mass is 223 g/mol. The Balaban J connectivity index is 2.96. The highest BCUT2D eigenvalue weighted by Crippen LogP contribution is 2.28. The van der Waals surface area contributed by atoms with Gasteiger partial charge in [0.2, 0.25) is 0 Å². The van der Waals surface area contributed by atoms with E-state index in [1.807, 2.05) is 0 Å². The van der Waals surface area contributed by atoms with Crippen LogP contribution in [0.2, 0.25) is 0 Å². The zero-order valence-electron chi connectivity index (χ0n) is 9.14. The fourth-order valence-electron chi connectivity index (χ4n) is 1.51. The minimum atomic E-state index is -0.886. The number of nitro benzene ring substituents is 1. The fraction of sp³-hybridized carbons (Fsp3) is 0.364. The summed E-state index contributed by atoms with van der Waals surface area (Å²) in [5, 5.41) is 19.2. The maximum Gasteiger partial charge on any atom is 0.304 e. The first-order valence-corrected chi connectivity index (χ1v) is 4.79. The molecule has 0 saturated heterocycles. The molecule has 0 saturated carbocycles. The lowest BCUT2D eigenvalue weighted by molar-refractivity contribution is -0.384. The summed E-state index contributed by atoms with van der Waals surface area (Å²) >= 11 is 0. The molecule has 0 fully saturated rings. The van der Waals surface area contributed by atoms with Gasteiger partial charge in [0.05, 0.1) is 11.3 Å². The summed E-state index contributed by atoms with van der Waals surface area (Å²) < 4.78 is 0. The molecule has 1 aromatic carbocycles. The van der Waals surface area contributed by atoms with E-state index in [4.69, 9.17) is 5.11 Å². The van der Waals surface area contributed by atoms with Gasteiger partial charge in [-0.2, -0.15) is 0 Å². The van der Waals surface area contributed by atoms with Crippen LogP contribution >= 0.6 is 0 Å². The van der Waals surface area contributed by atoms with Crippen LogP contribution < -0.4 is 0 Å².